The van der Waals surface area contributed by atoms with Crippen molar-refractivity contribution in [2.45, 2.75) is 26.7 Å². The van der Waals surface area contributed by atoms with Crippen LogP contribution in [0.3, 0.4) is 0 Å². The molecule has 0 radical (unpaired) electrons. The minimum Gasteiger partial charge on any atom is -0.326 e. The van der Waals surface area contributed by atoms with E-state index in [1.807, 2.05) is 19.9 Å². The first-order chi connectivity index (χ1) is 6.16. The lowest BCUT2D eigenvalue weighted by Crippen LogP contribution is -2.20. The Balaban J connectivity index is 2.53. The van der Waals surface area contributed by atoms with Crippen molar-refractivity contribution < 1.29 is 4.79 Å². The van der Waals surface area contributed by atoms with Crippen LogP contribution in [0.5, 0.6) is 0 Å². The molecule has 1 aromatic rings. The van der Waals surface area contributed by atoms with Crippen LogP contribution in [0.15, 0.2) is 6.07 Å². The van der Waals surface area contributed by atoms with Crippen LogP contribution in [0.4, 0.5) is 5.69 Å². The van der Waals surface area contributed by atoms with Crippen molar-refractivity contribution in [3.8, 4) is 0 Å². The lowest BCUT2D eigenvalue weighted by atomic mass is 10.0. The number of hydrogen-bond donors (Lipinski definition) is 1. The molecule has 0 aromatic carbocycles. The monoisotopic (exact) mass is 176 g/mol. The topological polar surface area (TPSA) is 42.0 Å². The number of pyridine rings is 1. The molecule has 68 valence electrons. The van der Waals surface area contributed by atoms with Gasteiger partial charge in [0.05, 0.1) is 0 Å². The van der Waals surface area contributed by atoms with Gasteiger partial charge in [-0.05, 0) is 31.9 Å². The van der Waals surface area contributed by atoms with Crippen molar-refractivity contribution in [3.05, 3.63) is 23.0 Å². The minimum absolute atomic E-state index is 0.109. The molecule has 3 heteroatoms. The molecule has 1 aliphatic rings. The molecular weight excluding hydrogens is 164 g/mol. The van der Waals surface area contributed by atoms with E-state index in [4.69, 9.17) is 0 Å². The lowest BCUT2D eigenvalue weighted by molar-refractivity contribution is -0.116. The number of rotatable bonds is 0. The second kappa shape index (κ2) is 2.83. The Hall–Kier alpha value is -1.38. The van der Waals surface area contributed by atoms with Gasteiger partial charge in [-0.3, -0.25) is 9.78 Å². The molecule has 0 atom stereocenters. The number of carbonyl (C=O) groups is 1. The molecule has 0 unspecified atom stereocenters. The van der Waals surface area contributed by atoms with Crippen LogP contribution in [0, 0.1) is 13.8 Å². The van der Waals surface area contributed by atoms with Crippen LogP contribution in [-0.4, -0.2) is 10.9 Å². The van der Waals surface area contributed by atoms with Gasteiger partial charge in [0.2, 0.25) is 5.91 Å². The molecule has 2 heterocycles. The summed E-state index contributed by atoms with van der Waals surface area (Å²) in [6, 6.07) is 1.93. The second-order valence-electron chi connectivity index (χ2n) is 3.42. The average Bonchev–Trinajstić information content (AvgIpc) is 2.02. The van der Waals surface area contributed by atoms with Crippen LogP contribution in [0.25, 0.3) is 0 Å². The summed E-state index contributed by atoms with van der Waals surface area (Å²) >= 11 is 0. The van der Waals surface area contributed by atoms with E-state index in [0.29, 0.717) is 6.42 Å². The molecule has 3 nitrogen and oxygen atoms in total. The average molecular weight is 176 g/mol. The smallest absolute Gasteiger partial charge is 0.224 e. The molecular formula is C10H12N2O. The van der Waals surface area contributed by atoms with Gasteiger partial charge in [-0.15, -0.1) is 0 Å². The molecule has 13 heavy (non-hydrogen) atoms. The number of aromatic nitrogens is 1. The number of hydrogen-bond acceptors (Lipinski definition) is 2. The van der Waals surface area contributed by atoms with E-state index in [1.54, 1.807) is 0 Å². The summed E-state index contributed by atoms with van der Waals surface area (Å²) in [6.07, 6.45) is 1.40. The Morgan fingerprint density at radius 3 is 2.92 bits per heavy atom. The first-order valence-corrected chi connectivity index (χ1v) is 4.44. The summed E-state index contributed by atoms with van der Waals surface area (Å²) in [5.74, 6) is 0.109. The maximum Gasteiger partial charge on any atom is 0.224 e. The van der Waals surface area contributed by atoms with Crippen molar-refractivity contribution in [2.24, 2.45) is 0 Å². The van der Waals surface area contributed by atoms with Crippen LogP contribution >= 0.6 is 0 Å². The Bertz CT molecular complexity index is 371. The second-order valence-corrected chi connectivity index (χ2v) is 3.42. The highest BCUT2D eigenvalue weighted by Crippen LogP contribution is 2.24. The third-order valence-corrected chi connectivity index (χ3v) is 2.34. The summed E-state index contributed by atoms with van der Waals surface area (Å²) < 4.78 is 0. The van der Waals surface area contributed by atoms with E-state index in [2.05, 4.69) is 10.3 Å². The van der Waals surface area contributed by atoms with Gasteiger partial charge in [-0.1, -0.05) is 0 Å². The normalized spacial score (nSPS) is 15.1. The number of anilines is 1. The molecule has 0 saturated heterocycles. The van der Waals surface area contributed by atoms with Gasteiger partial charge in [0, 0.05) is 23.5 Å². The van der Waals surface area contributed by atoms with Gasteiger partial charge in [-0.25, -0.2) is 0 Å². The molecule has 1 aliphatic heterocycles. The summed E-state index contributed by atoms with van der Waals surface area (Å²) in [5, 5.41) is 2.86. The van der Waals surface area contributed by atoms with Crippen LogP contribution in [0.2, 0.25) is 0 Å². The Morgan fingerprint density at radius 1 is 1.38 bits per heavy atom. The summed E-state index contributed by atoms with van der Waals surface area (Å²) in [5.41, 5.74) is 4.12. The number of nitrogens with one attached hydrogen (secondary N) is 1. The fourth-order valence-electron chi connectivity index (χ4n) is 1.73. The zero-order valence-corrected chi connectivity index (χ0v) is 7.85. The van der Waals surface area contributed by atoms with Crippen molar-refractivity contribution in [2.75, 3.05) is 5.32 Å². The Kier molecular flexibility index (Phi) is 1.79. The third kappa shape index (κ3) is 1.41. The SMILES string of the molecule is Cc1cc2c(c(C)n1)CCC(=O)N2. The fraction of sp³-hybridized carbons (Fsp3) is 0.400. The highest BCUT2D eigenvalue weighted by molar-refractivity contribution is 5.94. The number of carbonyl (C=O) groups excluding carboxylic acids is 1. The van der Waals surface area contributed by atoms with Crippen molar-refractivity contribution in [1.82, 2.24) is 4.98 Å². The largest absolute Gasteiger partial charge is 0.326 e. The Morgan fingerprint density at radius 2 is 2.15 bits per heavy atom. The van der Waals surface area contributed by atoms with Crippen LogP contribution in [-0.2, 0) is 11.2 Å². The van der Waals surface area contributed by atoms with E-state index in [1.165, 1.54) is 5.56 Å². The van der Waals surface area contributed by atoms with Gasteiger partial charge < -0.3 is 5.32 Å². The lowest BCUT2D eigenvalue weighted by Gasteiger charge is -2.18. The number of aryl methyl sites for hydroxylation is 2. The predicted octanol–water partition coefficient (Wildman–Crippen LogP) is 1.58. The van der Waals surface area contributed by atoms with E-state index < -0.39 is 0 Å². The molecule has 1 aromatic heterocycles. The highest BCUT2D eigenvalue weighted by atomic mass is 16.1. The molecule has 0 fully saturated rings. The first kappa shape index (κ1) is 8.23. The standard InChI is InChI=1S/C10H12N2O/c1-6-5-9-8(7(2)11-6)3-4-10(13)12-9/h5H,3-4H2,1-2H3,(H,12,13). The van der Waals surface area contributed by atoms with Gasteiger partial charge >= 0.3 is 0 Å². The summed E-state index contributed by atoms with van der Waals surface area (Å²) in [6.45, 7) is 3.93. The fourth-order valence-corrected chi connectivity index (χ4v) is 1.73. The van der Waals surface area contributed by atoms with E-state index in [0.717, 1.165) is 23.5 Å². The quantitative estimate of drug-likeness (QED) is 0.652. The third-order valence-electron chi connectivity index (χ3n) is 2.34. The van der Waals surface area contributed by atoms with E-state index in [9.17, 15) is 4.79 Å². The molecule has 0 spiro atoms. The minimum atomic E-state index is 0.109. The van der Waals surface area contributed by atoms with Crippen LogP contribution in [0.1, 0.15) is 23.4 Å². The molecule has 0 bridgehead atoms. The summed E-state index contributed by atoms with van der Waals surface area (Å²) in [7, 11) is 0. The summed E-state index contributed by atoms with van der Waals surface area (Å²) in [4.78, 5) is 15.5. The number of fused-ring (bicyclic) bond motifs is 1. The van der Waals surface area contributed by atoms with E-state index >= 15 is 0 Å². The maximum atomic E-state index is 11.1. The zero-order chi connectivity index (χ0) is 9.42. The van der Waals surface area contributed by atoms with Gasteiger partial charge in [-0.2, -0.15) is 0 Å². The van der Waals surface area contributed by atoms with Crippen molar-refractivity contribution in [3.63, 3.8) is 0 Å². The predicted molar refractivity (Wildman–Crippen MR) is 50.7 cm³/mol. The molecule has 2 rings (SSSR count). The van der Waals surface area contributed by atoms with Gasteiger partial charge in [0.25, 0.3) is 0 Å². The highest BCUT2D eigenvalue weighted by Gasteiger charge is 2.16. The number of nitrogens with zero attached hydrogens (tertiary/aromatic N) is 1. The first-order valence-electron chi connectivity index (χ1n) is 4.44. The Labute approximate surface area is 77.2 Å². The molecule has 0 aliphatic carbocycles. The number of amides is 1. The molecule has 1 N–H and O–H groups in total. The van der Waals surface area contributed by atoms with Crippen LogP contribution < -0.4 is 5.32 Å². The molecule has 1 amide bonds. The van der Waals surface area contributed by atoms with Gasteiger partial charge in [0.15, 0.2) is 0 Å². The van der Waals surface area contributed by atoms with Crippen molar-refractivity contribution >= 4 is 11.6 Å². The zero-order valence-electron chi connectivity index (χ0n) is 7.85. The molecule has 0 saturated carbocycles. The van der Waals surface area contributed by atoms with Gasteiger partial charge in [0.1, 0.15) is 0 Å². The van der Waals surface area contributed by atoms with Crippen molar-refractivity contribution in [1.29, 1.82) is 0 Å². The van der Waals surface area contributed by atoms with E-state index in [-0.39, 0.29) is 5.91 Å². The maximum absolute atomic E-state index is 11.1.